The highest BCUT2D eigenvalue weighted by Crippen LogP contribution is 2.28. The Labute approximate surface area is 144 Å². The fraction of sp³-hybridized carbons (Fsp3) is 0.579. The molecule has 3 rings (SSSR count). The molecule has 2 N–H and O–H groups in total. The highest BCUT2D eigenvalue weighted by atomic mass is 15.2. The maximum Gasteiger partial charge on any atom is 0.225 e. The van der Waals surface area contributed by atoms with Gasteiger partial charge < -0.3 is 15.5 Å². The molecule has 0 atom stereocenters. The van der Waals surface area contributed by atoms with Gasteiger partial charge in [0.2, 0.25) is 5.95 Å². The number of fused-ring (bicyclic) bond motifs is 1. The Hall–Kier alpha value is -1.88. The van der Waals surface area contributed by atoms with Crippen molar-refractivity contribution in [3.63, 3.8) is 0 Å². The molecule has 0 unspecified atom stereocenters. The van der Waals surface area contributed by atoms with Crippen LogP contribution in [0.4, 0.5) is 11.8 Å². The second-order valence-electron chi connectivity index (χ2n) is 6.95. The van der Waals surface area contributed by atoms with E-state index in [9.17, 15) is 0 Å². The molecule has 5 heteroatoms. The van der Waals surface area contributed by atoms with Gasteiger partial charge in [0, 0.05) is 25.5 Å². The molecule has 2 aromatic rings. The number of nitrogens with zero attached hydrogens (tertiary/aromatic N) is 3. The van der Waals surface area contributed by atoms with Crippen LogP contribution >= 0.6 is 0 Å². The Kier molecular flexibility index (Phi) is 5.51. The maximum atomic E-state index is 4.75. The van der Waals surface area contributed by atoms with Gasteiger partial charge in [0.25, 0.3) is 0 Å². The van der Waals surface area contributed by atoms with Crippen molar-refractivity contribution in [3.8, 4) is 0 Å². The quantitative estimate of drug-likeness (QED) is 0.853. The van der Waals surface area contributed by atoms with Gasteiger partial charge in [-0.2, -0.15) is 4.98 Å². The van der Waals surface area contributed by atoms with E-state index in [0.29, 0.717) is 6.04 Å². The molecule has 1 aliphatic rings. The van der Waals surface area contributed by atoms with E-state index < -0.39 is 0 Å². The van der Waals surface area contributed by atoms with Crippen molar-refractivity contribution in [2.75, 3.05) is 37.4 Å². The summed E-state index contributed by atoms with van der Waals surface area (Å²) in [6.45, 7) is 4.39. The van der Waals surface area contributed by atoms with Crippen LogP contribution in [-0.2, 0) is 0 Å². The third kappa shape index (κ3) is 3.96. The number of nitrogens with one attached hydrogen (secondary N) is 2. The first-order valence-electron chi connectivity index (χ1n) is 9.08. The molecule has 0 radical (unpaired) electrons. The van der Waals surface area contributed by atoms with Crippen LogP contribution in [0, 0.1) is 5.92 Å². The molecule has 1 heterocycles. The zero-order chi connectivity index (χ0) is 16.9. The number of rotatable bonds is 6. The second-order valence-corrected chi connectivity index (χ2v) is 6.95. The summed E-state index contributed by atoms with van der Waals surface area (Å²) in [5, 5.41) is 8.15. The summed E-state index contributed by atoms with van der Waals surface area (Å²) in [6, 6.07) is 8.70. The minimum Gasteiger partial charge on any atom is -0.362 e. The largest absolute Gasteiger partial charge is 0.362 e. The summed E-state index contributed by atoms with van der Waals surface area (Å²) in [6.07, 6.45) is 4.95. The molecular weight excluding hydrogens is 298 g/mol. The van der Waals surface area contributed by atoms with Gasteiger partial charge in [-0.15, -0.1) is 0 Å². The van der Waals surface area contributed by atoms with Crippen LogP contribution in [0.1, 0.15) is 32.6 Å². The molecule has 0 saturated heterocycles. The Bertz CT molecular complexity index is 662. The Morgan fingerprint density at radius 2 is 1.83 bits per heavy atom. The number of aromatic nitrogens is 2. The van der Waals surface area contributed by atoms with Gasteiger partial charge in [0.1, 0.15) is 5.82 Å². The molecule has 0 amide bonds. The maximum absolute atomic E-state index is 4.75. The van der Waals surface area contributed by atoms with Crippen molar-refractivity contribution in [1.29, 1.82) is 0 Å². The normalized spacial score (nSPS) is 21.0. The summed E-state index contributed by atoms with van der Waals surface area (Å²) in [7, 11) is 4.06. The minimum absolute atomic E-state index is 0.485. The van der Waals surface area contributed by atoms with E-state index in [2.05, 4.69) is 34.6 Å². The van der Waals surface area contributed by atoms with E-state index in [-0.39, 0.29) is 0 Å². The molecule has 0 aliphatic heterocycles. The molecule has 130 valence electrons. The Balaban J connectivity index is 1.70. The van der Waals surface area contributed by atoms with E-state index in [1.807, 2.05) is 26.2 Å². The van der Waals surface area contributed by atoms with Crippen molar-refractivity contribution in [2.24, 2.45) is 5.92 Å². The van der Waals surface area contributed by atoms with Gasteiger partial charge in [0.15, 0.2) is 0 Å². The molecule has 1 aromatic carbocycles. The van der Waals surface area contributed by atoms with E-state index in [4.69, 9.17) is 9.97 Å². The average molecular weight is 327 g/mol. The summed E-state index contributed by atoms with van der Waals surface area (Å²) >= 11 is 0. The number of anilines is 2. The van der Waals surface area contributed by atoms with Gasteiger partial charge in [-0.1, -0.05) is 19.1 Å². The number of para-hydroxylation sites is 1. The van der Waals surface area contributed by atoms with Gasteiger partial charge in [-0.05, 0) is 56.8 Å². The molecule has 24 heavy (non-hydrogen) atoms. The third-order valence-corrected chi connectivity index (χ3v) is 4.87. The summed E-state index contributed by atoms with van der Waals surface area (Å²) in [5.74, 6) is 2.55. The molecule has 1 saturated carbocycles. The van der Waals surface area contributed by atoms with E-state index in [1.165, 1.54) is 25.7 Å². The number of hydrogen-bond acceptors (Lipinski definition) is 5. The second kappa shape index (κ2) is 7.79. The van der Waals surface area contributed by atoms with Crippen LogP contribution in [0.3, 0.4) is 0 Å². The van der Waals surface area contributed by atoms with Crippen LogP contribution in [0.25, 0.3) is 10.9 Å². The van der Waals surface area contributed by atoms with Crippen LogP contribution in [-0.4, -0.2) is 43.2 Å². The minimum atomic E-state index is 0.485. The number of hydrogen-bond donors (Lipinski definition) is 2. The smallest absolute Gasteiger partial charge is 0.225 e. The first kappa shape index (κ1) is 17.0. The average Bonchev–Trinajstić information content (AvgIpc) is 2.60. The standard InChI is InChI=1S/C19H29N5/c1-4-20-13-14-9-11-15(12-10-14)21-19-22-17-8-6-5-7-16(17)18(23-19)24(2)3/h5-8,14-15,20H,4,9-13H2,1-3H3,(H,21,22,23)/t14-,15+. The van der Waals surface area contributed by atoms with Gasteiger partial charge in [-0.3, -0.25) is 0 Å². The van der Waals surface area contributed by atoms with Crippen LogP contribution in [0.5, 0.6) is 0 Å². The highest BCUT2D eigenvalue weighted by Gasteiger charge is 2.21. The Morgan fingerprint density at radius 3 is 2.54 bits per heavy atom. The van der Waals surface area contributed by atoms with Crippen molar-refractivity contribution in [3.05, 3.63) is 24.3 Å². The van der Waals surface area contributed by atoms with Crippen LogP contribution < -0.4 is 15.5 Å². The van der Waals surface area contributed by atoms with Crippen molar-refractivity contribution >= 4 is 22.7 Å². The monoisotopic (exact) mass is 327 g/mol. The summed E-state index contributed by atoms with van der Waals surface area (Å²) in [5.41, 5.74) is 1.000. The van der Waals surface area contributed by atoms with Crippen molar-refractivity contribution in [1.82, 2.24) is 15.3 Å². The lowest BCUT2D eigenvalue weighted by atomic mass is 9.86. The lowest BCUT2D eigenvalue weighted by Crippen LogP contribution is -2.31. The van der Waals surface area contributed by atoms with E-state index in [1.54, 1.807) is 0 Å². The lowest BCUT2D eigenvalue weighted by molar-refractivity contribution is 0.326. The van der Waals surface area contributed by atoms with Gasteiger partial charge >= 0.3 is 0 Å². The predicted octanol–water partition coefficient (Wildman–Crippen LogP) is 3.28. The first-order valence-corrected chi connectivity index (χ1v) is 9.08. The number of benzene rings is 1. The highest BCUT2D eigenvalue weighted by molar-refractivity contribution is 5.90. The first-order chi connectivity index (χ1) is 11.7. The molecule has 5 nitrogen and oxygen atoms in total. The van der Waals surface area contributed by atoms with Crippen molar-refractivity contribution in [2.45, 2.75) is 38.6 Å². The van der Waals surface area contributed by atoms with E-state index >= 15 is 0 Å². The zero-order valence-corrected chi connectivity index (χ0v) is 15.0. The summed E-state index contributed by atoms with van der Waals surface area (Å²) < 4.78 is 0. The summed E-state index contributed by atoms with van der Waals surface area (Å²) in [4.78, 5) is 11.5. The lowest BCUT2D eigenvalue weighted by Gasteiger charge is -2.29. The fourth-order valence-electron chi connectivity index (χ4n) is 3.51. The molecule has 0 spiro atoms. The topological polar surface area (TPSA) is 53.1 Å². The molecule has 0 bridgehead atoms. The van der Waals surface area contributed by atoms with Gasteiger partial charge in [-0.25, -0.2) is 4.98 Å². The van der Waals surface area contributed by atoms with Crippen molar-refractivity contribution < 1.29 is 0 Å². The molecular formula is C19H29N5. The van der Waals surface area contributed by atoms with Crippen LogP contribution in [0.15, 0.2) is 24.3 Å². The van der Waals surface area contributed by atoms with Gasteiger partial charge in [0.05, 0.1) is 5.52 Å². The van der Waals surface area contributed by atoms with Crippen LogP contribution in [0.2, 0.25) is 0 Å². The molecule has 1 aromatic heterocycles. The predicted molar refractivity (Wildman–Crippen MR) is 102 cm³/mol. The Morgan fingerprint density at radius 1 is 1.08 bits per heavy atom. The third-order valence-electron chi connectivity index (χ3n) is 4.87. The zero-order valence-electron chi connectivity index (χ0n) is 15.0. The fourth-order valence-corrected chi connectivity index (χ4v) is 3.51. The molecule has 1 fully saturated rings. The molecule has 1 aliphatic carbocycles. The van der Waals surface area contributed by atoms with E-state index in [0.717, 1.165) is 41.7 Å². The SMILES string of the molecule is CCNC[C@H]1CC[C@@H](Nc2nc(N(C)C)c3ccccc3n2)CC1.